The molecule has 18 heavy (non-hydrogen) atoms. The van der Waals surface area contributed by atoms with Gasteiger partial charge in [0, 0.05) is 5.75 Å². The number of hydrogen-bond donors (Lipinski definition) is 1. The number of rotatable bonds is 5. The number of hydrogen-bond acceptors (Lipinski definition) is 7. The fraction of sp³-hybridized carbons (Fsp3) is 0.778. The third-order valence-electron chi connectivity index (χ3n) is 2.92. The molecular formula is C9H13NO7S. The van der Waals surface area contributed by atoms with Gasteiger partial charge in [-0.2, -0.15) is 0 Å². The van der Waals surface area contributed by atoms with Crippen LogP contribution >= 0.6 is 0 Å². The number of aliphatic hydroxyl groups is 1. The average Bonchev–Trinajstić information content (AvgIpc) is 2.83. The largest absolute Gasteiger partial charge is 0.372 e. The lowest BCUT2D eigenvalue weighted by atomic mass is 10.1. The van der Waals surface area contributed by atoms with E-state index in [-0.39, 0.29) is 19.0 Å². The van der Waals surface area contributed by atoms with Crippen LogP contribution in [0.1, 0.15) is 0 Å². The lowest BCUT2D eigenvalue weighted by Crippen LogP contribution is -2.48. The topological polar surface area (TPSA) is 108 Å². The van der Waals surface area contributed by atoms with Gasteiger partial charge in [0.05, 0.1) is 24.0 Å². The van der Waals surface area contributed by atoms with E-state index in [1.807, 2.05) is 0 Å². The Hall–Kier alpha value is -1.03. The molecule has 102 valence electrons. The van der Waals surface area contributed by atoms with Crippen molar-refractivity contribution in [2.24, 2.45) is 0 Å². The molecule has 2 heterocycles. The Morgan fingerprint density at radius 2 is 2.39 bits per heavy atom. The molecule has 0 spiro atoms. The van der Waals surface area contributed by atoms with E-state index < -0.39 is 39.1 Å². The zero-order valence-electron chi connectivity index (χ0n) is 9.39. The second-order valence-corrected chi connectivity index (χ2v) is 5.77. The molecule has 2 aliphatic rings. The van der Waals surface area contributed by atoms with Gasteiger partial charge in [0.2, 0.25) is 0 Å². The quantitative estimate of drug-likeness (QED) is 0.390. The third kappa shape index (κ3) is 2.14. The molecule has 0 aliphatic carbocycles. The first-order valence-corrected chi connectivity index (χ1v) is 6.57. The molecule has 2 aliphatic heterocycles. The zero-order chi connectivity index (χ0) is 13.3. The van der Waals surface area contributed by atoms with E-state index >= 15 is 0 Å². The third-order valence-corrected chi connectivity index (χ3v) is 4.59. The summed E-state index contributed by atoms with van der Waals surface area (Å²) >= 11 is 0. The number of fused-ring (bicyclic) bond motifs is 1. The van der Waals surface area contributed by atoms with Crippen LogP contribution in [0, 0.1) is 10.1 Å². The maximum atomic E-state index is 11.9. The molecule has 0 bridgehead atoms. The van der Waals surface area contributed by atoms with E-state index in [4.69, 9.17) is 9.47 Å². The van der Waals surface area contributed by atoms with Gasteiger partial charge in [-0.1, -0.05) is 6.08 Å². The lowest BCUT2D eigenvalue weighted by molar-refractivity contribution is -0.769. The summed E-state index contributed by atoms with van der Waals surface area (Å²) in [6, 6.07) is 0. The molecule has 0 radical (unpaired) electrons. The Balaban J connectivity index is 2.10. The molecule has 0 amide bonds. The van der Waals surface area contributed by atoms with E-state index in [1.54, 1.807) is 0 Å². The van der Waals surface area contributed by atoms with Crippen LogP contribution in [0.15, 0.2) is 12.7 Å². The molecule has 0 saturated carbocycles. The predicted octanol–water partition coefficient (Wildman–Crippen LogP) is -1.02. The van der Waals surface area contributed by atoms with Crippen LogP contribution < -0.4 is 0 Å². The Morgan fingerprint density at radius 3 is 3.00 bits per heavy atom. The van der Waals surface area contributed by atoms with E-state index in [2.05, 4.69) is 11.4 Å². The average molecular weight is 279 g/mol. The van der Waals surface area contributed by atoms with Crippen molar-refractivity contribution in [2.75, 3.05) is 19.0 Å². The van der Waals surface area contributed by atoms with Gasteiger partial charge in [-0.15, -0.1) is 16.7 Å². The van der Waals surface area contributed by atoms with Gasteiger partial charge >= 0.3 is 0 Å². The maximum absolute atomic E-state index is 11.9. The summed E-state index contributed by atoms with van der Waals surface area (Å²) in [5, 5.41) is 19.6. The molecule has 0 aromatic carbocycles. The van der Waals surface area contributed by atoms with Crippen molar-refractivity contribution in [2.45, 2.75) is 23.2 Å². The smallest absolute Gasteiger partial charge is 0.294 e. The van der Waals surface area contributed by atoms with Crippen LogP contribution in [0.5, 0.6) is 0 Å². The first-order valence-electron chi connectivity index (χ1n) is 5.25. The maximum Gasteiger partial charge on any atom is 0.294 e. The van der Waals surface area contributed by atoms with Crippen molar-refractivity contribution in [3.05, 3.63) is 22.8 Å². The van der Waals surface area contributed by atoms with Crippen LogP contribution in [0.25, 0.3) is 0 Å². The molecule has 0 aromatic rings. The Kier molecular flexibility index (Phi) is 3.66. The highest BCUT2D eigenvalue weighted by atomic mass is 32.2. The minimum Gasteiger partial charge on any atom is -0.372 e. The summed E-state index contributed by atoms with van der Waals surface area (Å²) in [5.41, 5.74) is 0. The van der Waals surface area contributed by atoms with Gasteiger partial charge in [-0.05, 0) is 0 Å². The molecule has 8 nitrogen and oxygen atoms in total. The van der Waals surface area contributed by atoms with Crippen molar-refractivity contribution in [1.82, 2.24) is 0 Å². The predicted molar refractivity (Wildman–Crippen MR) is 59.5 cm³/mol. The van der Waals surface area contributed by atoms with Crippen LogP contribution in [0.4, 0.5) is 0 Å². The molecule has 2 rings (SSSR count). The minimum absolute atomic E-state index is 0.0795. The van der Waals surface area contributed by atoms with Gasteiger partial charge in [0.15, 0.2) is 11.0 Å². The van der Waals surface area contributed by atoms with E-state index in [0.29, 0.717) is 0 Å². The molecule has 5 atom stereocenters. The Labute approximate surface area is 105 Å². The monoisotopic (exact) mass is 279 g/mol. The second kappa shape index (κ2) is 4.92. The highest BCUT2D eigenvalue weighted by molar-refractivity contribution is 7.86. The van der Waals surface area contributed by atoms with E-state index in [1.165, 1.54) is 6.08 Å². The van der Waals surface area contributed by atoms with E-state index in [9.17, 15) is 19.4 Å². The molecule has 0 unspecified atom stereocenters. The van der Waals surface area contributed by atoms with Crippen LogP contribution in [-0.2, 0) is 25.1 Å². The van der Waals surface area contributed by atoms with Gasteiger partial charge in [-0.3, -0.25) is 4.21 Å². The van der Waals surface area contributed by atoms with Gasteiger partial charge in [0.25, 0.3) is 5.09 Å². The molecule has 0 aromatic heterocycles. The zero-order valence-corrected chi connectivity index (χ0v) is 10.2. The minimum atomic E-state index is -1.67. The standard InChI is InChI=1S/C9H13NO7S/c1-2-3-18(14)9(11)5-16-7-6(17-10(12)13)4-15-8(7)9/h2,6-8,11H,1,3-5H2/t6-,7-,8+,9-,18+/m1/s1. The van der Waals surface area contributed by atoms with Crippen LogP contribution in [0.3, 0.4) is 0 Å². The van der Waals surface area contributed by atoms with Crippen LogP contribution in [0.2, 0.25) is 0 Å². The van der Waals surface area contributed by atoms with Crippen molar-refractivity contribution >= 4 is 10.8 Å². The molecule has 9 heteroatoms. The van der Waals surface area contributed by atoms with Gasteiger partial charge in [0.1, 0.15) is 12.2 Å². The normalized spacial score (nSPS) is 40.2. The fourth-order valence-electron chi connectivity index (χ4n) is 2.11. The van der Waals surface area contributed by atoms with Crippen molar-refractivity contribution in [1.29, 1.82) is 0 Å². The van der Waals surface area contributed by atoms with Gasteiger partial charge < -0.3 is 19.4 Å². The molecule has 2 fully saturated rings. The highest BCUT2D eigenvalue weighted by Gasteiger charge is 2.60. The summed E-state index contributed by atoms with van der Waals surface area (Å²) in [4.78, 5) is 13.0. The Bertz CT molecular complexity index is 389. The Morgan fingerprint density at radius 1 is 1.67 bits per heavy atom. The fourth-order valence-corrected chi connectivity index (χ4v) is 3.27. The number of ether oxygens (including phenoxy) is 2. The molecule has 1 N–H and O–H groups in total. The summed E-state index contributed by atoms with van der Waals surface area (Å²) in [6.45, 7) is 3.16. The van der Waals surface area contributed by atoms with Crippen molar-refractivity contribution in [3.63, 3.8) is 0 Å². The van der Waals surface area contributed by atoms with Crippen LogP contribution in [-0.4, -0.2) is 56.6 Å². The first-order chi connectivity index (χ1) is 8.49. The molecule has 2 saturated heterocycles. The highest BCUT2D eigenvalue weighted by Crippen LogP contribution is 2.37. The van der Waals surface area contributed by atoms with Crippen molar-refractivity contribution in [3.8, 4) is 0 Å². The summed E-state index contributed by atoms with van der Waals surface area (Å²) in [7, 11) is -1.64. The lowest BCUT2D eigenvalue weighted by Gasteiger charge is -2.25. The van der Waals surface area contributed by atoms with Crippen molar-refractivity contribution < 1.29 is 28.7 Å². The first kappa shape index (κ1) is 13.4. The number of nitrogens with zero attached hydrogens (tertiary/aromatic N) is 1. The summed E-state index contributed by atoms with van der Waals surface area (Å²) in [6.07, 6.45) is -1.15. The summed E-state index contributed by atoms with van der Waals surface area (Å²) < 4.78 is 22.4. The molecular weight excluding hydrogens is 266 g/mol. The second-order valence-electron chi connectivity index (χ2n) is 4.04. The SMILES string of the molecule is C=CC[S@](=O)[C@]1(O)CO[C@@H]2[C@H](O[N+](=O)[O-])CO[C@@H]21. The van der Waals surface area contributed by atoms with Gasteiger partial charge in [-0.25, -0.2) is 0 Å². The van der Waals surface area contributed by atoms with E-state index in [0.717, 1.165) is 0 Å². The summed E-state index contributed by atoms with van der Waals surface area (Å²) in [5.74, 6) is 0.0905.